The van der Waals surface area contributed by atoms with Crippen LogP contribution in [0.15, 0.2) is 11.2 Å². The molecule has 1 atom stereocenters. The molecule has 0 spiro atoms. The second-order valence-corrected chi connectivity index (χ2v) is 5.55. The van der Waals surface area contributed by atoms with Gasteiger partial charge in [0.15, 0.2) is 5.03 Å². The van der Waals surface area contributed by atoms with Gasteiger partial charge in [-0.1, -0.05) is 5.21 Å². The van der Waals surface area contributed by atoms with Crippen molar-refractivity contribution in [3.05, 3.63) is 6.20 Å². The van der Waals surface area contributed by atoms with Crippen molar-refractivity contribution < 1.29 is 8.42 Å². The molecule has 17 heavy (non-hydrogen) atoms. The molecule has 0 amide bonds. The Morgan fingerprint density at radius 1 is 1.65 bits per heavy atom. The molecule has 0 saturated carbocycles. The first kappa shape index (κ1) is 14.4. The summed E-state index contributed by atoms with van der Waals surface area (Å²) in [5.41, 5.74) is 0. The fourth-order valence-corrected chi connectivity index (χ4v) is 2.88. The van der Waals surface area contributed by atoms with Crippen LogP contribution in [0.25, 0.3) is 0 Å². The summed E-state index contributed by atoms with van der Waals surface area (Å²) in [7, 11) is -1.94. The normalized spacial score (nSPS) is 20.2. The molecule has 0 radical (unpaired) electrons. The van der Waals surface area contributed by atoms with Crippen molar-refractivity contribution in [2.45, 2.75) is 23.9 Å². The van der Waals surface area contributed by atoms with E-state index in [2.05, 4.69) is 20.4 Å². The number of aromatic nitrogens is 3. The lowest BCUT2D eigenvalue weighted by molar-refractivity contribution is 0.539. The zero-order valence-corrected chi connectivity index (χ0v) is 11.1. The molecule has 1 aliphatic heterocycles. The van der Waals surface area contributed by atoms with Gasteiger partial charge in [-0.15, -0.1) is 17.5 Å². The predicted molar refractivity (Wildman–Crippen MR) is 64.5 cm³/mol. The highest BCUT2D eigenvalue weighted by atomic mass is 35.5. The smallest absolute Gasteiger partial charge is 0.259 e. The summed E-state index contributed by atoms with van der Waals surface area (Å²) in [5.74, 6) is 0. The van der Waals surface area contributed by atoms with Gasteiger partial charge in [-0.2, -0.15) is 0 Å². The maximum absolute atomic E-state index is 11.8. The van der Waals surface area contributed by atoms with E-state index in [1.165, 1.54) is 10.9 Å². The van der Waals surface area contributed by atoms with Crippen LogP contribution in [-0.4, -0.2) is 42.5 Å². The van der Waals surface area contributed by atoms with Gasteiger partial charge >= 0.3 is 0 Å². The lowest BCUT2D eigenvalue weighted by Gasteiger charge is -2.11. The zero-order valence-electron chi connectivity index (χ0n) is 9.46. The summed E-state index contributed by atoms with van der Waals surface area (Å²) in [6, 6.07) is 0.232. The molecule has 1 unspecified atom stereocenters. The highest BCUT2D eigenvalue weighted by Gasteiger charge is 2.21. The lowest BCUT2D eigenvalue weighted by atomic mass is 10.2. The van der Waals surface area contributed by atoms with Gasteiger partial charge in [-0.25, -0.2) is 17.8 Å². The van der Waals surface area contributed by atoms with Crippen LogP contribution in [0.2, 0.25) is 0 Å². The molecular formula is C8H16ClN5O2S. The van der Waals surface area contributed by atoms with Gasteiger partial charge in [0.25, 0.3) is 10.0 Å². The van der Waals surface area contributed by atoms with Crippen LogP contribution < -0.4 is 10.0 Å². The third-order valence-corrected chi connectivity index (χ3v) is 4.10. The summed E-state index contributed by atoms with van der Waals surface area (Å²) >= 11 is 0. The molecule has 2 rings (SSSR count). The van der Waals surface area contributed by atoms with Crippen LogP contribution >= 0.6 is 12.4 Å². The van der Waals surface area contributed by atoms with Gasteiger partial charge in [0, 0.05) is 19.6 Å². The Kier molecular flexibility index (Phi) is 4.87. The van der Waals surface area contributed by atoms with Crippen LogP contribution in [0, 0.1) is 0 Å². The molecular weight excluding hydrogens is 266 g/mol. The first-order valence-electron chi connectivity index (χ1n) is 5.17. The SMILES string of the molecule is Cl.Cn1nncc1S(=O)(=O)NCC1CCCN1. The highest BCUT2D eigenvalue weighted by Crippen LogP contribution is 2.07. The van der Waals surface area contributed by atoms with Crippen LogP contribution in [-0.2, 0) is 17.1 Å². The largest absolute Gasteiger partial charge is 0.313 e. The molecule has 2 N–H and O–H groups in total. The van der Waals surface area contributed by atoms with Crippen molar-refractivity contribution in [2.75, 3.05) is 13.1 Å². The summed E-state index contributed by atoms with van der Waals surface area (Å²) in [4.78, 5) is 0. The Hall–Kier alpha value is -0.700. The second-order valence-electron chi connectivity index (χ2n) is 3.84. The van der Waals surface area contributed by atoms with E-state index < -0.39 is 10.0 Å². The number of sulfonamides is 1. The first-order chi connectivity index (χ1) is 7.59. The topological polar surface area (TPSA) is 88.9 Å². The molecule has 7 nitrogen and oxygen atoms in total. The Bertz CT molecular complexity index is 454. The molecule has 9 heteroatoms. The van der Waals surface area contributed by atoms with Crippen LogP contribution in [0.3, 0.4) is 0 Å². The average Bonchev–Trinajstić information content (AvgIpc) is 2.85. The van der Waals surface area contributed by atoms with Crippen molar-refractivity contribution in [1.29, 1.82) is 0 Å². The van der Waals surface area contributed by atoms with Crippen molar-refractivity contribution >= 4 is 22.4 Å². The molecule has 98 valence electrons. The summed E-state index contributed by atoms with van der Waals surface area (Å²) in [6.07, 6.45) is 3.34. The van der Waals surface area contributed by atoms with Crippen molar-refractivity contribution in [2.24, 2.45) is 7.05 Å². The minimum absolute atomic E-state index is 0. The fourth-order valence-electron chi connectivity index (χ4n) is 1.74. The van der Waals surface area contributed by atoms with Crippen LogP contribution in [0.5, 0.6) is 0 Å². The molecule has 0 aliphatic carbocycles. The highest BCUT2D eigenvalue weighted by molar-refractivity contribution is 7.89. The maximum atomic E-state index is 11.8. The van der Waals surface area contributed by atoms with Crippen molar-refractivity contribution in [1.82, 2.24) is 25.0 Å². The number of hydrogen-bond acceptors (Lipinski definition) is 5. The summed E-state index contributed by atoms with van der Waals surface area (Å²) in [6.45, 7) is 1.37. The number of rotatable bonds is 4. The minimum Gasteiger partial charge on any atom is -0.313 e. The number of nitrogens with zero attached hydrogens (tertiary/aromatic N) is 3. The van der Waals surface area contributed by atoms with Gasteiger partial charge in [0.1, 0.15) is 0 Å². The summed E-state index contributed by atoms with van der Waals surface area (Å²) < 4.78 is 27.5. The minimum atomic E-state index is -3.49. The van der Waals surface area contributed by atoms with Gasteiger partial charge in [0.05, 0.1) is 6.20 Å². The maximum Gasteiger partial charge on any atom is 0.259 e. The van der Waals surface area contributed by atoms with Gasteiger partial charge < -0.3 is 5.32 Å². The quantitative estimate of drug-likeness (QED) is 0.759. The van der Waals surface area contributed by atoms with E-state index in [9.17, 15) is 8.42 Å². The number of hydrogen-bond donors (Lipinski definition) is 2. The molecule has 0 aromatic carbocycles. The Labute approximate surface area is 106 Å². The predicted octanol–water partition coefficient (Wildman–Crippen LogP) is -0.733. The zero-order chi connectivity index (χ0) is 11.6. The van der Waals surface area contributed by atoms with E-state index >= 15 is 0 Å². The lowest BCUT2D eigenvalue weighted by Crippen LogP contribution is -2.37. The molecule has 1 aliphatic rings. The van der Waals surface area contributed by atoms with Crippen molar-refractivity contribution in [3.8, 4) is 0 Å². The Balaban J connectivity index is 0.00000144. The third-order valence-electron chi connectivity index (χ3n) is 2.63. The first-order valence-corrected chi connectivity index (χ1v) is 6.65. The van der Waals surface area contributed by atoms with E-state index in [1.54, 1.807) is 7.05 Å². The molecule has 2 heterocycles. The second kappa shape index (κ2) is 5.76. The number of nitrogens with one attached hydrogen (secondary N) is 2. The van der Waals surface area contributed by atoms with E-state index in [4.69, 9.17) is 0 Å². The van der Waals surface area contributed by atoms with E-state index in [0.717, 1.165) is 19.4 Å². The van der Waals surface area contributed by atoms with Crippen molar-refractivity contribution in [3.63, 3.8) is 0 Å². The number of halogens is 1. The molecule has 1 saturated heterocycles. The fraction of sp³-hybridized carbons (Fsp3) is 0.750. The molecule has 1 fully saturated rings. The Morgan fingerprint density at radius 3 is 2.94 bits per heavy atom. The van der Waals surface area contributed by atoms with Crippen LogP contribution in [0.4, 0.5) is 0 Å². The molecule has 1 aromatic rings. The number of aryl methyl sites for hydroxylation is 1. The van der Waals surface area contributed by atoms with Crippen LogP contribution in [0.1, 0.15) is 12.8 Å². The standard InChI is InChI=1S/C8H15N5O2S.ClH/c1-13-8(6-10-12-13)16(14,15)11-5-7-3-2-4-9-7;/h6-7,9,11H,2-5H2,1H3;1H. The monoisotopic (exact) mass is 281 g/mol. The van der Waals surface area contributed by atoms with E-state index in [-0.39, 0.29) is 23.5 Å². The van der Waals surface area contributed by atoms with E-state index in [1.807, 2.05) is 0 Å². The summed E-state index contributed by atoms with van der Waals surface area (Å²) in [5, 5.41) is 10.5. The van der Waals surface area contributed by atoms with Gasteiger partial charge in [-0.3, -0.25) is 0 Å². The van der Waals surface area contributed by atoms with Gasteiger partial charge in [0.2, 0.25) is 0 Å². The molecule has 1 aromatic heterocycles. The third kappa shape index (κ3) is 3.38. The molecule has 0 bridgehead atoms. The van der Waals surface area contributed by atoms with E-state index in [0.29, 0.717) is 6.54 Å². The Morgan fingerprint density at radius 2 is 2.41 bits per heavy atom. The average molecular weight is 282 g/mol. The van der Waals surface area contributed by atoms with Gasteiger partial charge in [-0.05, 0) is 19.4 Å².